The molecule has 3 rings (SSSR count). The van der Waals surface area contributed by atoms with Gasteiger partial charge in [-0.3, -0.25) is 9.59 Å². The van der Waals surface area contributed by atoms with Gasteiger partial charge in [0.05, 0.1) is 13.2 Å². The summed E-state index contributed by atoms with van der Waals surface area (Å²) in [6, 6.07) is 7.17. The Morgan fingerprint density at radius 1 is 1.15 bits per heavy atom. The number of morpholine rings is 1. The number of nitrogens with one attached hydrogen (secondary N) is 1. The number of hydrogen-bond donors (Lipinski definition) is 2. The Kier molecular flexibility index (Phi) is 6.27. The van der Waals surface area contributed by atoms with Gasteiger partial charge in [-0.2, -0.15) is 0 Å². The summed E-state index contributed by atoms with van der Waals surface area (Å²) in [5, 5.41) is 2.96. The number of ether oxygens (including phenoxy) is 1. The molecule has 3 N–H and O–H groups in total. The average Bonchev–Trinajstić information content (AvgIpc) is 2.69. The van der Waals surface area contributed by atoms with E-state index in [0.717, 1.165) is 25.7 Å². The predicted octanol–water partition coefficient (Wildman–Crippen LogP) is 2.40. The van der Waals surface area contributed by atoms with Gasteiger partial charge in [0.2, 0.25) is 5.91 Å². The lowest BCUT2D eigenvalue weighted by Crippen LogP contribution is -2.40. The third-order valence-electron chi connectivity index (χ3n) is 5.57. The molecule has 2 aliphatic rings. The van der Waals surface area contributed by atoms with E-state index in [2.05, 4.69) is 5.32 Å². The summed E-state index contributed by atoms with van der Waals surface area (Å²) >= 11 is 0. The van der Waals surface area contributed by atoms with Crippen molar-refractivity contribution >= 4 is 17.5 Å². The minimum Gasteiger partial charge on any atom is -0.378 e. The van der Waals surface area contributed by atoms with Crippen LogP contribution in [0.1, 0.15) is 48.9 Å². The van der Waals surface area contributed by atoms with Crippen molar-refractivity contribution in [3.8, 4) is 0 Å². The van der Waals surface area contributed by atoms with Crippen molar-refractivity contribution in [2.45, 2.75) is 38.5 Å². The van der Waals surface area contributed by atoms with Crippen LogP contribution in [-0.4, -0.2) is 49.6 Å². The van der Waals surface area contributed by atoms with Gasteiger partial charge < -0.3 is 20.7 Å². The lowest BCUT2D eigenvalue weighted by Gasteiger charge is -2.35. The molecule has 0 bridgehead atoms. The van der Waals surface area contributed by atoms with Crippen LogP contribution in [0.15, 0.2) is 24.3 Å². The molecular formula is C20H29N3O3. The minimum absolute atomic E-state index is 0.0184. The van der Waals surface area contributed by atoms with Crippen LogP contribution in [-0.2, 0) is 9.53 Å². The molecule has 1 aliphatic heterocycles. The number of nitrogens with zero attached hydrogens (tertiary/aromatic N) is 1. The third kappa shape index (κ3) is 4.62. The number of carbonyl (C=O) groups excluding carboxylic acids is 2. The molecule has 0 unspecified atom stereocenters. The molecule has 2 amide bonds. The van der Waals surface area contributed by atoms with Gasteiger partial charge in [-0.15, -0.1) is 0 Å². The van der Waals surface area contributed by atoms with Gasteiger partial charge in [0.25, 0.3) is 5.91 Å². The standard InChI is InChI=1S/C20H29N3O3/c21-15-20(7-2-1-3-8-20)14-18(24)22-17-6-4-5-16(13-17)19(25)23-9-11-26-12-10-23/h4-6,13H,1-3,7-12,14-15,21H2,(H,22,24). The van der Waals surface area contributed by atoms with Crippen LogP contribution in [0.5, 0.6) is 0 Å². The van der Waals surface area contributed by atoms with Crippen LogP contribution in [0.4, 0.5) is 5.69 Å². The molecule has 0 atom stereocenters. The van der Waals surface area contributed by atoms with Crippen LogP contribution >= 0.6 is 0 Å². The van der Waals surface area contributed by atoms with Crippen molar-refractivity contribution in [3.63, 3.8) is 0 Å². The van der Waals surface area contributed by atoms with Crippen molar-refractivity contribution in [3.05, 3.63) is 29.8 Å². The molecule has 1 aromatic carbocycles. The summed E-state index contributed by atoms with van der Waals surface area (Å²) < 4.78 is 5.29. The lowest BCUT2D eigenvalue weighted by atomic mass is 9.71. The van der Waals surface area contributed by atoms with Crippen LogP contribution in [0.25, 0.3) is 0 Å². The molecule has 6 heteroatoms. The van der Waals surface area contributed by atoms with Gasteiger partial charge in [0, 0.05) is 30.8 Å². The molecule has 0 spiro atoms. The highest BCUT2D eigenvalue weighted by atomic mass is 16.5. The maximum Gasteiger partial charge on any atom is 0.254 e. The number of benzene rings is 1. The molecule has 1 saturated heterocycles. The minimum atomic E-state index is -0.0659. The molecule has 26 heavy (non-hydrogen) atoms. The van der Waals surface area contributed by atoms with Gasteiger partial charge in [-0.05, 0) is 43.0 Å². The quantitative estimate of drug-likeness (QED) is 0.845. The van der Waals surface area contributed by atoms with Crippen molar-refractivity contribution < 1.29 is 14.3 Å². The van der Waals surface area contributed by atoms with Crippen LogP contribution < -0.4 is 11.1 Å². The molecule has 1 aromatic rings. The van der Waals surface area contributed by atoms with Crippen molar-refractivity contribution in [2.24, 2.45) is 11.1 Å². The van der Waals surface area contributed by atoms with E-state index in [0.29, 0.717) is 50.5 Å². The molecule has 6 nitrogen and oxygen atoms in total. The van der Waals surface area contributed by atoms with E-state index in [1.165, 1.54) is 6.42 Å². The second-order valence-electron chi connectivity index (χ2n) is 7.48. The first-order chi connectivity index (χ1) is 12.6. The van der Waals surface area contributed by atoms with Crippen LogP contribution in [0, 0.1) is 5.41 Å². The van der Waals surface area contributed by atoms with Crippen molar-refractivity contribution in [2.75, 3.05) is 38.2 Å². The molecule has 2 fully saturated rings. The highest BCUT2D eigenvalue weighted by Gasteiger charge is 2.33. The van der Waals surface area contributed by atoms with E-state index >= 15 is 0 Å². The first-order valence-electron chi connectivity index (χ1n) is 9.59. The fourth-order valence-electron chi connectivity index (χ4n) is 3.98. The Hall–Kier alpha value is -1.92. The fourth-order valence-corrected chi connectivity index (χ4v) is 3.98. The SMILES string of the molecule is NCC1(CC(=O)Nc2cccc(C(=O)N3CCOCC3)c2)CCCCC1. The maximum absolute atomic E-state index is 12.6. The first-order valence-corrected chi connectivity index (χ1v) is 9.59. The summed E-state index contributed by atoms with van der Waals surface area (Å²) in [4.78, 5) is 26.9. The van der Waals surface area contributed by atoms with E-state index in [1.807, 2.05) is 12.1 Å². The Morgan fingerprint density at radius 3 is 2.58 bits per heavy atom. The Balaban J connectivity index is 1.62. The third-order valence-corrected chi connectivity index (χ3v) is 5.57. The van der Waals surface area contributed by atoms with E-state index in [-0.39, 0.29) is 17.2 Å². The molecule has 0 radical (unpaired) electrons. The number of rotatable bonds is 5. The molecule has 1 saturated carbocycles. The topological polar surface area (TPSA) is 84.7 Å². The lowest BCUT2D eigenvalue weighted by molar-refractivity contribution is -0.118. The predicted molar refractivity (Wildman–Crippen MR) is 101 cm³/mol. The second kappa shape index (κ2) is 8.64. The largest absolute Gasteiger partial charge is 0.378 e. The molecular weight excluding hydrogens is 330 g/mol. The molecule has 0 aromatic heterocycles. The van der Waals surface area contributed by atoms with E-state index in [4.69, 9.17) is 10.5 Å². The van der Waals surface area contributed by atoms with E-state index in [9.17, 15) is 9.59 Å². The summed E-state index contributed by atoms with van der Waals surface area (Å²) in [6.45, 7) is 2.91. The maximum atomic E-state index is 12.6. The van der Waals surface area contributed by atoms with Crippen LogP contribution in [0.2, 0.25) is 0 Å². The zero-order chi connectivity index (χ0) is 18.4. The molecule has 142 valence electrons. The molecule has 1 aliphatic carbocycles. The summed E-state index contributed by atoms with van der Waals surface area (Å²) in [5.41, 5.74) is 7.18. The summed E-state index contributed by atoms with van der Waals surface area (Å²) in [7, 11) is 0. The van der Waals surface area contributed by atoms with E-state index in [1.54, 1.807) is 17.0 Å². The Labute approximate surface area is 155 Å². The van der Waals surface area contributed by atoms with Gasteiger partial charge >= 0.3 is 0 Å². The van der Waals surface area contributed by atoms with Crippen molar-refractivity contribution in [1.29, 1.82) is 0 Å². The first kappa shape index (κ1) is 18.9. The smallest absolute Gasteiger partial charge is 0.254 e. The fraction of sp³-hybridized carbons (Fsp3) is 0.600. The Morgan fingerprint density at radius 2 is 1.88 bits per heavy atom. The van der Waals surface area contributed by atoms with Gasteiger partial charge in [0.1, 0.15) is 0 Å². The summed E-state index contributed by atoms with van der Waals surface area (Å²) in [5.74, 6) is -0.0385. The summed E-state index contributed by atoms with van der Waals surface area (Å²) in [6.07, 6.45) is 6.02. The van der Waals surface area contributed by atoms with Gasteiger partial charge in [0.15, 0.2) is 0 Å². The number of amides is 2. The van der Waals surface area contributed by atoms with Crippen LogP contribution in [0.3, 0.4) is 0 Å². The van der Waals surface area contributed by atoms with Crippen molar-refractivity contribution in [1.82, 2.24) is 4.90 Å². The normalized spacial score (nSPS) is 19.8. The zero-order valence-corrected chi connectivity index (χ0v) is 15.3. The van der Waals surface area contributed by atoms with E-state index < -0.39 is 0 Å². The number of anilines is 1. The number of carbonyl (C=O) groups is 2. The van der Waals surface area contributed by atoms with Gasteiger partial charge in [-0.25, -0.2) is 0 Å². The zero-order valence-electron chi connectivity index (χ0n) is 15.3. The number of hydrogen-bond acceptors (Lipinski definition) is 4. The molecule has 1 heterocycles. The average molecular weight is 359 g/mol. The monoisotopic (exact) mass is 359 g/mol. The number of nitrogens with two attached hydrogens (primary N) is 1. The Bertz CT molecular complexity index is 635. The highest BCUT2D eigenvalue weighted by molar-refractivity contribution is 5.97. The highest BCUT2D eigenvalue weighted by Crippen LogP contribution is 2.38. The van der Waals surface area contributed by atoms with Gasteiger partial charge in [-0.1, -0.05) is 25.3 Å². The second-order valence-corrected chi connectivity index (χ2v) is 7.48.